The van der Waals surface area contributed by atoms with Crippen molar-refractivity contribution in [1.29, 1.82) is 0 Å². The number of ether oxygens (including phenoxy) is 2. The maximum atomic E-state index is 12.5. The SMILES string of the molecule is COc1cc(C(=O)N2CCC(CN)C2)ccc1OC(C)C. The fourth-order valence-electron chi connectivity index (χ4n) is 2.54. The van der Waals surface area contributed by atoms with E-state index in [1.807, 2.05) is 18.7 Å². The van der Waals surface area contributed by atoms with Gasteiger partial charge in [0.2, 0.25) is 0 Å². The molecule has 1 saturated heterocycles. The number of methoxy groups -OCH3 is 1. The first-order chi connectivity index (χ1) is 10.0. The van der Waals surface area contributed by atoms with E-state index in [9.17, 15) is 4.79 Å². The van der Waals surface area contributed by atoms with Gasteiger partial charge in [-0.15, -0.1) is 0 Å². The molecule has 0 spiro atoms. The van der Waals surface area contributed by atoms with Gasteiger partial charge in [0.25, 0.3) is 5.91 Å². The number of nitrogens with zero attached hydrogens (tertiary/aromatic N) is 1. The fraction of sp³-hybridized carbons (Fsp3) is 0.562. The molecule has 0 saturated carbocycles. The van der Waals surface area contributed by atoms with Crippen molar-refractivity contribution < 1.29 is 14.3 Å². The summed E-state index contributed by atoms with van der Waals surface area (Å²) in [5.74, 6) is 1.69. The van der Waals surface area contributed by atoms with Gasteiger partial charge < -0.3 is 20.1 Å². The molecule has 2 rings (SSSR count). The van der Waals surface area contributed by atoms with E-state index in [1.165, 1.54) is 0 Å². The van der Waals surface area contributed by atoms with Crippen molar-refractivity contribution in [2.75, 3.05) is 26.7 Å². The predicted octanol–water partition coefficient (Wildman–Crippen LogP) is 1.90. The van der Waals surface area contributed by atoms with Crippen molar-refractivity contribution in [2.24, 2.45) is 11.7 Å². The van der Waals surface area contributed by atoms with Crippen LogP contribution in [0.15, 0.2) is 18.2 Å². The monoisotopic (exact) mass is 292 g/mol. The lowest BCUT2D eigenvalue weighted by Gasteiger charge is -2.18. The lowest BCUT2D eigenvalue weighted by Crippen LogP contribution is -2.29. The molecule has 116 valence electrons. The Bertz CT molecular complexity index is 502. The number of nitrogens with two attached hydrogens (primary N) is 1. The van der Waals surface area contributed by atoms with E-state index in [-0.39, 0.29) is 12.0 Å². The number of carbonyl (C=O) groups is 1. The van der Waals surface area contributed by atoms with Gasteiger partial charge in [0, 0.05) is 18.7 Å². The van der Waals surface area contributed by atoms with Crippen LogP contribution in [-0.2, 0) is 0 Å². The quantitative estimate of drug-likeness (QED) is 0.900. The molecular weight excluding hydrogens is 268 g/mol. The molecule has 0 radical (unpaired) electrons. The van der Waals surface area contributed by atoms with Crippen molar-refractivity contribution in [3.63, 3.8) is 0 Å². The summed E-state index contributed by atoms with van der Waals surface area (Å²) in [5.41, 5.74) is 6.30. The van der Waals surface area contributed by atoms with E-state index in [0.29, 0.717) is 29.5 Å². The van der Waals surface area contributed by atoms with E-state index in [0.717, 1.165) is 19.5 Å². The van der Waals surface area contributed by atoms with Gasteiger partial charge in [-0.1, -0.05) is 0 Å². The van der Waals surface area contributed by atoms with Crippen LogP contribution in [0.2, 0.25) is 0 Å². The van der Waals surface area contributed by atoms with Gasteiger partial charge in [0.05, 0.1) is 13.2 Å². The van der Waals surface area contributed by atoms with Crippen LogP contribution in [0.25, 0.3) is 0 Å². The molecule has 2 N–H and O–H groups in total. The molecule has 1 aliphatic rings. The summed E-state index contributed by atoms with van der Waals surface area (Å²) < 4.78 is 11.0. The Hall–Kier alpha value is -1.75. The van der Waals surface area contributed by atoms with Gasteiger partial charge in [0.1, 0.15) is 0 Å². The number of carbonyl (C=O) groups excluding carboxylic acids is 1. The molecule has 0 aliphatic carbocycles. The van der Waals surface area contributed by atoms with E-state index >= 15 is 0 Å². The zero-order chi connectivity index (χ0) is 15.4. The van der Waals surface area contributed by atoms with Crippen molar-refractivity contribution in [2.45, 2.75) is 26.4 Å². The van der Waals surface area contributed by atoms with Crippen molar-refractivity contribution >= 4 is 5.91 Å². The summed E-state index contributed by atoms with van der Waals surface area (Å²) in [7, 11) is 1.58. The van der Waals surface area contributed by atoms with Crippen LogP contribution in [0.5, 0.6) is 11.5 Å². The highest BCUT2D eigenvalue weighted by Gasteiger charge is 2.26. The second-order valence-electron chi connectivity index (χ2n) is 5.67. The Labute approximate surface area is 126 Å². The van der Waals surface area contributed by atoms with E-state index in [2.05, 4.69) is 0 Å². The molecule has 5 heteroatoms. The highest BCUT2D eigenvalue weighted by Crippen LogP contribution is 2.30. The first kappa shape index (κ1) is 15.6. The number of hydrogen-bond donors (Lipinski definition) is 1. The minimum absolute atomic E-state index is 0.0281. The second kappa shape index (κ2) is 6.80. The standard InChI is InChI=1S/C16H24N2O3/c1-11(2)21-14-5-4-13(8-15(14)20-3)16(19)18-7-6-12(9-17)10-18/h4-5,8,11-12H,6-7,9-10,17H2,1-3H3. The topological polar surface area (TPSA) is 64.8 Å². The van der Waals surface area contributed by atoms with E-state index in [4.69, 9.17) is 15.2 Å². The number of hydrogen-bond acceptors (Lipinski definition) is 4. The Morgan fingerprint density at radius 3 is 2.76 bits per heavy atom. The van der Waals surface area contributed by atoms with Gasteiger partial charge in [-0.25, -0.2) is 0 Å². The Morgan fingerprint density at radius 2 is 2.19 bits per heavy atom. The largest absolute Gasteiger partial charge is 0.493 e. The molecule has 1 fully saturated rings. The van der Waals surface area contributed by atoms with Gasteiger partial charge >= 0.3 is 0 Å². The molecule has 1 heterocycles. The average molecular weight is 292 g/mol. The molecule has 1 atom stereocenters. The fourth-order valence-corrected chi connectivity index (χ4v) is 2.54. The average Bonchev–Trinajstić information content (AvgIpc) is 2.95. The molecule has 0 bridgehead atoms. The Kier molecular flexibility index (Phi) is 5.07. The first-order valence-corrected chi connectivity index (χ1v) is 7.39. The molecular formula is C16H24N2O3. The Balaban J connectivity index is 2.15. The molecule has 1 aromatic carbocycles. The van der Waals surface area contributed by atoms with E-state index in [1.54, 1.807) is 25.3 Å². The molecule has 1 aliphatic heterocycles. The number of likely N-dealkylation sites (tertiary alicyclic amines) is 1. The van der Waals surface area contributed by atoms with Gasteiger partial charge in [-0.05, 0) is 50.9 Å². The lowest BCUT2D eigenvalue weighted by molar-refractivity contribution is 0.0787. The summed E-state index contributed by atoms with van der Waals surface area (Å²) in [6.45, 7) is 6.05. The van der Waals surface area contributed by atoms with Crippen LogP contribution in [0, 0.1) is 5.92 Å². The molecule has 21 heavy (non-hydrogen) atoms. The van der Waals surface area contributed by atoms with Gasteiger partial charge in [-0.3, -0.25) is 4.79 Å². The maximum absolute atomic E-state index is 12.5. The zero-order valence-electron chi connectivity index (χ0n) is 13.0. The normalized spacial score (nSPS) is 18.1. The predicted molar refractivity (Wildman–Crippen MR) is 81.8 cm³/mol. The molecule has 1 unspecified atom stereocenters. The van der Waals surface area contributed by atoms with Crippen molar-refractivity contribution in [3.8, 4) is 11.5 Å². The zero-order valence-corrected chi connectivity index (χ0v) is 13.0. The summed E-state index contributed by atoms with van der Waals surface area (Å²) in [4.78, 5) is 14.4. The van der Waals surface area contributed by atoms with Crippen molar-refractivity contribution in [3.05, 3.63) is 23.8 Å². The minimum Gasteiger partial charge on any atom is -0.493 e. The summed E-state index contributed by atoms with van der Waals surface area (Å²) in [6.07, 6.45) is 1.04. The van der Waals surface area contributed by atoms with Crippen LogP contribution in [0.1, 0.15) is 30.6 Å². The summed E-state index contributed by atoms with van der Waals surface area (Å²) in [6, 6.07) is 5.33. The van der Waals surface area contributed by atoms with Gasteiger partial charge in [-0.2, -0.15) is 0 Å². The summed E-state index contributed by atoms with van der Waals surface area (Å²) >= 11 is 0. The minimum atomic E-state index is 0.0281. The van der Waals surface area contributed by atoms with Crippen LogP contribution in [0.4, 0.5) is 0 Å². The lowest BCUT2D eigenvalue weighted by atomic mass is 10.1. The van der Waals surface area contributed by atoms with Gasteiger partial charge in [0.15, 0.2) is 11.5 Å². The molecule has 0 aromatic heterocycles. The van der Waals surface area contributed by atoms with Crippen LogP contribution >= 0.6 is 0 Å². The maximum Gasteiger partial charge on any atom is 0.254 e. The molecule has 1 amide bonds. The van der Waals surface area contributed by atoms with Crippen LogP contribution in [-0.4, -0.2) is 43.7 Å². The first-order valence-electron chi connectivity index (χ1n) is 7.39. The summed E-state index contributed by atoms with van der Waals surface area (Å²) in [5, 5.41) is 0. The van der Waals surface area contributed by atoms with E-state index < -0.39 is 0 Å². The third-order valence-corrected chi connectivity index (χ3v) is 3.68. The van der Waals surface area contributed by atoms with Crippen LogP contribution < -0.4 is 15.2 Å². The molecule has 1 aromatic rings. The number of amides is 1. The number of rotatable bonds is 5. The molecule has 5 nitrogen and oxygen atoms in total. The Morgan fingerprint density at radius 1 is 1.43 bits per heavy atom. The number of benzene rings is 1. The highest BCUT2D eigenvalue weighted by atomic mass is 16.5. The smallest absolute Gasteiger partial charge is 0.254 e. The second-order valence-corrected chi connectivity index (χ2v) is 5.67. The third-order valence-electron chi connectivity index (χ3n) is 3.68. The van der Waals surface area contributed by atoms with Crippen LogP contribution in [0.3, 0.4) is 0 Å². The highest BCUT2D eigenvalue weighted by molar-refractivity contribution is 5.95. The third kappa shape index (κ3) is 3.67. The van der Waals surface area contributed by atoms with Crippen molar-refractivity contribution in [1.82, 2.24) is 4.90 Å².